The molecule has 0 unspecified atom stereocenters. The third-order valence-electron chi connectivity index (χ3n) is 4.64. The molecule has 1 heterocycles. The Morgan fingerprint density at radius 3 is 2.50 bits per heavy atom. The number of hydrogen-bond acceptors (Lipinski definition) is 6. The summed E-state index contributed by atoms with van der Waals surface area (Å²) in [4.78, 5) is 4.30. The third-order valence-corrected chi connectivity index (χ3v) is 6.18. The molecular formula is C18H24N2O5S. The van der Waals surface area contributed by atoms with E-state index in [-0.39, 0.29) is 22.8 Å². The summed E-state index contributed by atoms with van der Waals surface area (Å²) < 4.78 is 39.5. The zero-order chi connectivity index (χ0) is 18.9. The number of nitrogens with zero attached hydrogens (tertiary/aromatic N) is 1. The Bertz CT molecular complexity index is 883. The van der Waals surface area contributed by atoms with Gasteiger partial charge in [0.15, 0.2) is 11.7 Å². The van der Waals surface area contributed by atoms with Gasteiger partial charge in [0.05, 0.1) is 18.9 Å². The maximum atomic E-state index is 12.9. The smallest absolute Gasteiger partial charge is 0.244 e. The number of benzene rings is 1. The molecule has 7 nitrogen and oxygen atoms in total. The van der Waals surface area contributed by atoms with Crippen molar-refractivity contribution in [3.63, 3.8) is 0 Å². The molecule has 142 valence electrons. The topological polar surface area (TPSA) is 102 Å². The molecule has 0 saturated heterocycles. The second kappa shape index (κ2) is 7.38. The standard InChI is InChI=1S/C18H24N2O5S/c1-11-18(25-12(2)19-11)13-4-9-16(24-3)17(10-13)26(22,23)20-14-5-7-15(21)8-6-14/h4,9-10,14-15,20-21H,5-8H2,1-3H3. The number of aryl methyl sites for hydroxylation is 2. The number of rotatable bonds is 5. The van der Waals surface area contributed by atoms with E-state index in [4.69, 9.17) is 9.15 Å². The number of aromatic nitrogens is 1. The molecule has 0 radical (unpaired) electrons. The first-order valence-electron chi connectivity index (χ1n) is 8.63. The average molecular weight is 380 g/mol. The summed E-state index contributed by atoms with van der Waals surface area (Å²) in [6.45, 7) is 3.56. The number of hydrogen-bond donors (Lipinski definition) is 2. The van der Waals surface area contributed by atoms with Gasteiger partial charge in [-0.1, -0.05) is 0 Å². The van der Waals surface area contributed by atoms with E-state index in [9.17, 15) is 13.5 Å². The van der Waals surface area contributed by atoms with Crippen molar-refractivity contribution in [2.45, 2.75) is 56.6 Å². The Hall–Kier alpha value is -1.90. The average Bonchev–Trinajstić information content (AvgIpc) is 2.94. The van der Waals surface area contributed by atoms with Gasteiger partial charge >= 0.3 is 0 Å². The van der Waals surface area contributed by atoms with Gasteiger partial charge in [0.1, 0.15) is 10.6 Å². The zero-order valence-corrected chi connectivity index (χ0v) is 16.0. The van der Waals surface area contributed by atoms with Crippen LogP contribution in [0.3, 0.4) is 0 Å². The second-order valence-electron chi connectivity index (χ2n) is 6.64. The highest BCUT2D eigenvalue weighted by Gasteiger charge is 2.27. The SMILES string of the molecule is COc1ccc(-c2oc(C)nc2C)cc1S(=O)(=O)NC1CCC(O)CC1. The van der Waals surface area contributed by atoms with Gasteiger partial charge in [-0.3, -0.25) is 0 Å². The number of sulfonamides is 1. The number of aliphatic hydroxyl groups is 1. The Morgan fingerprint density at radius 1 is 1.23 bits per heavy atom. The molecule has 0 bridgehead atoms. The maximum Gasteiger partial charge on any atom is 0.244 e. The highest BCUT2D eigenvalue weighted by atomic mass is 32.2. The van der Waals surface area contributed by atoms with E-state index in [0.29, 0.717) is 48.6 Å². The lowest BCUT2D eigenvalue weighted by Gasteiger charge is -2.26. The first-order valence-corrected chi connectivity index (χ1v) is 10.1. The number of aliphatic hydroxyl groups excluding tert-OH is 1. The van der Waals surface area contributed by atoms with Gasteiger partial charge in [0.2, 0.25) is 10.0 Å². The third kappa shape index (κ3) is 3.92. The summed E-state index contributed by atoms with van der Waals surface area (Å²) >= 11 is 0. The van der Waals surface area contributed by atoms with Crippen LogP contribution in [0.2, 0.25) is 0 Å². The fourth-order valence-corrected chi connectivity index (χ4v) is 4.80. The first-order chi connectivity index (χ1) is 12.3. The Balaban J connectivity index is 1.94. The lowest BCUT2D eigenvalue weighted by molar-refractivity contribution is 0.120. The van der Waals surface area contributed by atoms with E-state index in [1.165, 1.54) is 7.11 Å². The molecule has 0 amide bonds. The quantitative estimate of drug-likeness (QED) is 0.827. The first kappa shape index (κ1) is 18.9. The molecule has 1 aromatic heterocycles. The van der Waals surface area contributed by atoms with Crippen LogP contribution >= 0.6 is 0 Å². The largest absolute Gasteiger partial charge is 0.495 e. The maximum absolute atomic E-state index is 12.9. The molecule has 0 atom stereocenters. The van der Waals surface area contributed by atoms with Crippen LogP contribution < -0.4 is 9.46 Å². The molecule has 1 saturated carbocycles. The normalized spacial score (nSPS) is 20.9. The van der Waals surface area contributed by atoms with Gasteiger partial charge in [0, 0.05) is 18.5 Å². The van der Waals surface area contributed by atoms with Crippen LogP contribution in [-0.2, 0) is 10.0 Å². The molecule has 26 heavy (non-hydrogen) atoms. The number of oxazole rings is 1. The van der Waals surface area contributed by atoms with Gasteiger partial charge in [-0.25, -0.2) is 18.1 Å². The molecule has 1 fully saturated rings. The van der Waals surface area contributed by atoms with Crippen molar-refractivity contribution >= 4 is 10.0 Å². The monoisotopic (exact) mass is 380 g/mol. The van der Waals surface area contributed by atoms with Gasteiger partial charge < -0.3 is 14.3 Å². The van der Waals surface area contributed by atoms with Gasteiger partial charge in [-0.2, -0.15) is 0 Å². The van der Waals surface area contributed by atoms with Crippen molar-refractivity contribution in [3.05, 3.63) is 29.8 Å². The molecule has 1 aliphatic rings. The summed E-state index contributed by atoms with van der Waals surface area (Å²) in [5.74, 6) is 1.34. The van der Waals surface area contributed by atoms with Crippen LogP contribution in [0.5, 0.6) is 5.75 Å². The van der Waals surface area contributed by atoms with Crippen LogP contribution in [-0.4, -0.2) is 37.8 Å². The number of ether oxygens (including phenoxy) is 1. The number of nitrogens with one attached hydrogen (secondary N) is 1. The van der Waals surface area contributed by atoms with E-state index < -0.39 is 10.0 Å². The molecule has 0 aliphatic heterocycles. The summed E-state index contributed by atoms with van der Waals surface area (Å²) in [5, 5.41) is 9.60. The van der Waals surface area contributed by atoms with Crippen LogP contribution in [0.15, 0.2) is 27.5 Å². The number of methoxy groups -OCH3 is 1. The van der Waals surface area contributed by atoms with Crippen molar-refractivity contribution in [1.29, 1.82) is 0 Å². The minimum atomic E-state index is -3.78. The zero-order valence-electron chi connectivity index (χ0n) is 15.2. The van der Waals surface area contributed by atoms with E-state index >= 15 is 0 Å². The molecule has 2 aromatic rings. The van der Waals surface area contributed by atoms with Crippen molar-refractivity contribution in [3.8, 4) is 17.1 Å². The van der Waals surface area contributed by atoms with Crippen molar-refractivity contribution in [1.82, 2.24) is 9.71 Å². The Labute approximate surface area is 153 Å². The van der Waals surface area contributed by atoms with Crippen molar-refractivity contribution < 1.29 is 22.7 Å². The van der Waals surface area contributed by atoms with Gasteiger partial charge in [-0.15, -0.1) is 0 Å². The summed E-state index contributed by atoms with van der Waals surface area (Å²) in [5.41, 5.74) is 1.33. The summed E-state index contributed by atoms with van der Waals surface area (Å²) in [7, 11) is -2.34. The van der Waals surface area contributed by atoms with Crippen LogP contribution in [0.4, 0.5) is 0 Å². The van der Waals surface area contributed by atoms with E-state index in [1.807, 2.05) is 6.92 Å². The predicted octanol–water partition coefficient (Wildman–Crippen LogP) is 2.55. The molecule has 0 spiro atoms. The summed E-state index contributed by atoms with van der Waals surface area (Å²) in [6, 6.07) is 4.73. The fraction of sp³-hybridized carbons (Fsp3) is 0.500. The lowest BCUT2D eigenvalue weighted by Crippen LogP contribution is -2.38. The van der Waals surface area contributed by atoms with E-state index in [1.54, 1.807) is 25.1 Å². The van der Waals surface area contributed by atoms with Crippen LogP contribution in [0.25, 0.3) is 11.3 Å². The lowest BCUT2D eigenvalue weighted by atomic mass is 9.94. The highest BCUT2D eigenvalue weighted by molar-refractivity contribution is 7.89. The molecule has 1 aromatic carbocycles. The van der Waals surface area contributed by atoms with Crippen LogP contribution in [0, 0.1) is 13.8 Å². The Kier molecular flexibility index (Phi) is 5.36. The highest BCUT2D eigenvalue weighted by Crippen LogP contribution is 2.32. The van der Waals surface area contributed by atoms with E-state index in [0.717, 1.165) is 0 Å². The molecule has 3 rings (SSSR count). The van der Waals surface area contributed by atoms with E-state index in [2.05, 4.69) is 9.71 Å². The minimum absolute atomic E-state index is 0.0667. The fourth-order valence-electron chi connectivity index (χ4n) is 3.30. The van der Waals surface area contributed by atoms with Gasteiger partial charge in [-0.05, 0) is 50.8 Å². The molecular weight excluding hydrogens is 356 g/mol. The van der Waals surface area contributed by atoms with Gasteiger partial charge in [0.25, 0.3) is 0 Å². The molecule has 1 aliphatic carbocycles. The van der Waals surface area contributed by atoms with Crippen molar-refractivity contribution in [2.24, 2.45) is 0 Å². The second-order valence-corrected chi connectivity index (χ2v) is 8.32. The minimum Gasteiger partial charge on any atom is -0.495 e. The van der Waals surface area contributed by atoms with Crippen LogP contribution in [0.1, 0.15) is 37.3 Å². The Morgan fingerprint density at radius 2 is 1.92 bits per heavy atom. The molecule has 8 heteroatoms. The predicted molar refractivity (Wildman–Crippen MR) is 96.5 cm³/mol. The van der Waals surface area contributed by atoms with Crippen molar-refractivity contribution in [2.75, 3.05) is 7.11 Å². The molecule has 2 N–H and O–H groups in total. The summed E-state index contributed by atoms with van der Waals surface area (Å²) in [6.07, 6.45) is 2.08.